The van der Waals surface area contributed by atoms with Crippen molar-refractivity contribution in [2.45, 2.75) is 44.4 Å². The highest BCUT2D eigenvalue weighted by Crippen LogP contribution is 2.23. The molecule has 0 saturated heterocycles. The van der Waals surface area contributed by atoms with Crippen molar-refractivity contribution in [3.8, 4) is 0 Å². The molecule has 0 saturated carbocycles. The van der Waals surface area contributed by atoms with E-state index in [2.05, 4.69) is 15.0 Å². The van der Waals surface area contributed by atoms with Gasteiger partial charge < -0.3 is 10.4 Å². The van der Waals surface area contributed by atoms with Gasteiger partial charge in [-0.1, -0.05) is 62.4 Å². The standard InChI is InChI=1S/C18H23NO5S2.C6H8N2O2S/c1-14(2)13-16-11-7-8-12-17(16)26(22,23)19-18(24-25(3,20)21)15-9-5-4-6-10-15;1-4(5(9)10)8-6-7-2-3-11-6/h4-12,14,18-19H,13H2,1-3H3;2-4H,1H3,(H,7,8)(H,9,10)/t;4-/m.0/s1. The SMILES string of the molecule is CC(C)Cc1ccccc1S(=O)(=O)NC(OS(C)(=O)=O)c1ccccc1.C[C@H](Nc1nccs1)C(=O)O. The zero-order valence-corrected chi connectivity index (χ0v) is 23.3. The third-order valence-corrected chi connectivity index (χ3v) is 7.42. The lowest BCUT2D eigenvalue weighted by molar-refractivity contribution is -0.137. The normalized spacial score (nSPS) is 13.3. The smallest absolute Gasteiger partial charge is 0.325 e. The molecule has 0 fully saturated rings. The number of sulfonamides is 1. The molecular formula is C24H31N3O7S3. The van der Waals surface area contributed by atoms with E-state index in [0.29, 0.717) is 22.7 Å². The van der Waals surface area contributed by atoms with Crippen molar-refractivity contribution in [3.05, 3.63) is 77.3 Å². The molecule has 0 spiro atoms. The Hall–Kier alpha value is -2.84. The van der Waals surface area contributed by atoms with Crippen molar-refractivity contribution >= 4 is 42.6 Å². The van der Waals surface area contributed by atoms with Crippen LogP contribution in [0, 0.1) is 5.92 Å². The van der Waals surface area contributed by atoms with Gasteiger partial charge in [-0.25, -0.2) is 17.6 Å². The summed E-state index contributed by atoms with van der Waals surface area (Å²) in [5.74, 6) is -0.608. The van der Waals surface area contributed by atoms with E-state index >= 15 is 0 Å². The van der Waals surface area contributed by atoms with Crippen molar-refractivity contribution in [2.24, 2.45) is 5.92 Å². The van der Waals surface area contributed by atoms with Crippen LogP contribution in [0.4, 0.5) is 5.13 Å². The first-order valence-corrected chi connectivity index (χ1v) is 15.4. The van der Waals surface area contributed by atoms with Crippen LogP contribution in [0.5, 0.6) is 0 Å². The number of aromatic nitrogens is 1. The maximum atomic E-state index is 12.9. The highest BCUT2D eigenvalue weighted by atomic mass is 32.2. The summed E-state index contributed by atoms with van der Waals surface area (Å²) in [6.07, 6.45) is 1.74. The molecule has 1 aromatic heterocycles. The fraction of sp³-hybridized carbons (Fsp3) is 0.333. The summed E-state index contributed by atoms with van der Waals surface area (Å²) in [5, 5.41) is 13.7. The minimum absolute atomic E-state index is 0.117. The number of benzene rings is 2. The molecule has 0 amide bonds. The van der Waals surface area contributed by atoms with Crippen molar-refractivity contribution in [1.29, 1.82) is 0 Å². The van der Waals surface area contributed by atoms with E-state index < -0.39 is 38.4 Å². The van der Waals surface area contributed by atoms with Crippen LogP contribution in [0.3, 0.4) is 0 Å². The lowest BCUT2D eigenvalue weighted by Crippen LogP contribution is -2.32. The zero-order valence-electron chi connectivity index (χ0n) is 20.9. The van der Waals surface area contributed by atoms with Gasteiger partial charge in [0, 0.05) is 11.6 Å². The second-order valence-corrected chi connectivity index (χ2v) is 12.6. The van der Waals surface area contributed by atoms with Crippen LogP contribution in [0.1, 0.15) is 38.1 Å². The second kappa shape index (κ2) is 13.6. The van der Waals surface area contributed by atoms with Gasteiger partial charge in [-0.2, -0.15) is 13.1 Å². The number of anilines is 1. The molecule has 10 nitrogen and oxygen atoms in total. The average Bonchev–Trinajstić information content (AvgIpc) is 3.31. The number of nitrogens with zero attached hydrogens (tertiary/aromatic N) is 1. The summed E-state index contributed by atoms with van der Waals surface area (Å²) >= 11 is 1.38. The molecule has 37 heavy (non-hydrogen) atoms. The first-order chi connectivity index (χ1) is 17.3. The maximum absolute atomic E-state index is 12.9. The zero-order chi connectivity index (χ0) is 27.6. The van der Waals surface area contributed by atoms with Gasteiger partial charge in [-0.3, -0.25) is 4.79 Å². The number of nitrogens with one attached hydrogen (secondary N) is 2. The van der Waals surface area contributed by atoms with Gasteiger partial charge in [0.2, 0.25) is 10.0 Å². The molecule has 1 heterocycles. The van der Waals surface area contributed by atoms with E-state index in [-0.39, 0.29) is 10.8 Å². The summed E-state index contributed by atoms with van der Waals surface area (Å²) in [7, 11) is -7.88. The van der Waals surface area contributed by atoms with Crippen LogP contribution < -0.4 is 10.0 Å². The molecule has 0 aliphatic carbocycles. The fourth-order valence-corrected chi connectivity index (χ4v) is 5.60. The predicted molar refractivity (Wildman–Crippen MR) is 143 cm³/mol. The summed E-state index contributed by atoms with van der Waals surface area (Å²) < 4.78 is 56.4. The Kier molecular flexibility index (Phi) is 11.2. The molecule has 1 unspecified atom stereocenters. The van der Waals surface area contributed by atoms with Gasteiger partial charge in [-0.15, -0.1) is 11.3 Å². The van der Waals surface area contributed by atoms with Crippen LogP contribution in [-0.4, -0.2) is 45.2 Å². The quantitative estimate of drug-likeness (QED) is 0.231. The number of carboxylic acid groups (broad SMARTS) is 1. The largest absolute Gasteiger partial charge is 0.480 e. The predicted octanol–water partition coefficient (Wildman–Crippen LogP) is 3.87. The summed E-state index contributed by atoms with van der Waals surface area (Å²) in [6, 6.07) is 14.4. The van der Waals surface area contributed by atoms with Gasteiger partial charge in [0.15, 0.2) is 11.4 Å². The molecule has 0 aliphatic rings. The van der Waals surface area contributed by atoms with E-state index in [9.17, 15) is 21.6 Å². The lowest BCUT2D eigenvalue weighted by Gasteiger charge is -2.20. The molecule has 2 aromatic carbocycles. The molecule has 0 radical (unpaired) electrons. The Morgan fingerprint density at radius 1 is 1.03 bits per heavy atom. The number of carboxylic acids is 1. The lowest BCUT2D eigenvalue weighted by atomic mass is 10.0. The van der Waals surface area contributed by atoms with Crippen molar-refractivity contribution < 1.29 is 30.9 Å². The minimum Gasteiger partial charge on any atom is -0.480 e. The third-order valence-electron chi connectivity index (χ3n) is 4.67. The minimum atomic E-state index is -4.00. The number of hydrogen-bond donors (Lipinski definition) is 3. The van der Waals surface area contributed by atoms with Crippen molar-refractivity contribution in [3.63, 3.8) is 0 Å². The van der Waals surface area contributed by atoms with Gasteiger partial charge in [0.1, 0.15) is 6.04 Å². The van der Waals surface area contributed by atoms with Gasteiger partial charge in [0.05, 0.1) is 11.2 Å². The molecule has 3 N–H and O–H groups in total. The molecule has 0 bridgehead atoms. The summed E-state index contributed by atoms with van der Waals surface area (Å²) in [5.41, 5.74) is 1.06. The molecular weight excluding hydrogens is 538 g/mol. The van der Waals surface area contributed by atoms with E-state index in [4.69, 9.17) is 9.29 Å². The monoisotopic (exact) mass is 569 g/mol. The topological polar surface area (TPSA) is 152 Å². The van der Waals surface area contributed by atoms with Crippen LogP contribution >= 0.6 is 11.3 Å². The summed E-state index contributed by atoms with van der Waals surface area (Å²) in [6.45, 7) is 5.57. The summed E-state index contributed by atoms with van der Waals surface area (Å²) in [4.78, 5) is 14.3. The van der Waals surface area contributed by atoms with E-state index in [1.54, 1.807) is 67.0 Å². The van der Waals surface area contributed by atoms with Crippen molar-refractivity contribution in [1.82, 2.24) is 9.71 Å². The first-order valence-electron chi connectivity index (χ1n) is 11.2. The Balaban J connectivity index is 0.000000364. The van der Waals surface area contributed by atoms with E-state index in [1.807, 2.05) is 13.8 Å². The number of rotatable bonds is 11. The molecule has 3 aromatic rings. The molecule has 3 rings (SSSR count). The second-order valence-electron chi connectivity index (χ2n) is 8.46. The average molecular weight is 570 g/mol. The Morgan fingerprint density at radius 3 is 2.19 bits per heavy atom. The molecule has 13 heteroatoms. The maximum Gasteiger partial charge on any atom is 0.325 e. The fourth-order valence-electron chi connectivity index (χ4n) is 3.07. The number of thiazole rings is 1. The Labute approximate surface area is 221 Å². The van der Waals surface area contributed by atoms with E-state index in [1.165, 1.54) is 17.4 Å². The molecule has 2 atom stereocenters. The van der Waals surface area contributed by atoms with Crippen LogP contribution in [-0.2, 0) is 35.5 Å². The Bertz CT molecular complexity index is 1350. The molecule has 202 valence electrons. The number of carbonyl (C=O) groups is 1. The van der Waals surface area contributed by atoms with Gasteiger partial charge >= 0.3 is 5.97 Å². The van der Waals surface area contributed by atoms with Crippen LogP contribution in [0.2, 0.25) is 0 Å². The van der Waals surface area contributed by atoms with Gasteiger partial charge in [0.25, 0.3) is 10.1 Å². The first kappa shape index (κ1) is 30.4. The van der Waals surface area contributed by atoms with Crippen molar-refractivity contribution in [2.75, 3.05) is 11.6 Å². The van der Waals surface area contributed by atoms with E-state index in [0.717, 1.165) is 6.26 Å². The number of aliphatic carboxylic acids is 1. The highest BCUT2D eigenvalue weighted by Gasteiger charge is 2.27. The van der Waals surface area contributed by atoms with Crippen LogP contribution in [0.15, 0.2) is 71.1 Å². The van der Waals surface area contributed by atoms with Crippen LogP contribution in [0.25, 0.3) is 0 Å². The molecule has 0 aliphatic heterocycles. The Morgan fingerprint density at radius 2 is 1.65 bits per heavy atom. The number of hydrogen-bond acceptors (Lipinski definition) is 9. The third kappa shape index (κ3) is 10.6. The highest BCUT2D eigenvalue weighted by molar-refractivity contribution is 7.89. The van der Waals surface area contributed by atoms with Gasteiger partial charge in [-0.05, 0) is 36.5 Å².